The van der Waals surface area contributed by atoms with Gasteiger partial charge in [0.2, 0.25) is 0 Å². The van der Waals surface area contributed by atoms with E-state index in [0.29, 0.717) is 47.8 Å². The molecular formula is C30H30ClNO4. The third-order valence-electron chi connectivity index (χ3n) is 6.83. The molecule has 0 saturated heterocycles. The van der Waals surface area contributed by atoms with E-state index in [9.17, 15) is 4.79 Å². The van der Waals surface area contributed by atoms with E-state index in [1.807, 2.05) is 56.3 Å². The van der Waals surface area contributed by atoms with Gasteiger partial charge < -0.3 is 19.5 Å². The molecule has 6 heteroatoms. The van der Waals surface area contributed by atoms with Crippen LogP contribution in [0, 0.1) is 5.92 Å². The average molecular weight is 504 g/mol. The molecule has 3 aromatic carbocycles. The second kappa shape index (κ2) is 10.7. The largest absolute Gasteiger partial charge is 0.490 e. The quantitative estimate of drug-likeness (QED) is 0.258. The molecule has 0 spiro atoms. The van der Waals surface area contributed by atoms with Crippen LogP contribution in [0.4, 0.5) is 5.69 Å². The Kier molecular flexibility index (Phi) is 7.19. The Morgan fingerprint density at radius 1 is 1.00 bits per heavy atom. The van der Waals surface area contributed by atoms with Crippen molar-refractivity contribution in [3.05, 3.63) is 100 Å². The SMILES string of the molecule is CCOC(=O)c1cccc2c1N[C@@H](c1ccc(OCc3ccc(Cl)cc3)c(OCC)c1)[C@H]1CC=C[C@@H]21. The summed E-state index contributed by atoms with van der Waals surface area (Å²) in [6, 6.07) is 19.6. The zero-order valence-corrected chi connectivity index (χ0v) is 21.3. The summed E-state index contributed by atoms with van der Waals surface area (Å²) < 4.78 is 17.4. The van der Waals surface area contributed by atoms with Crippen molar-refractivity contribution in [2.45, 2.75) is 38.8 Å². The Labute approximate surface area is 217 Å². The molecule has 0 fully saturated rings. The lowest BCUT2D eigenvalue weighted by atomic mass is 9.76. The molecule has 0 bridgehead atoms. The highest BCUT2D eigenvalue weighted by atomic mass is 35.5. The number of fused-ring (bicyclic) bond motifs is 3. The first-order valence-electron chi connectivity index (χ1n) is 12.5. The summed E-state index contributed by atoms with van der Waals surface area (Å²) in [6.07, 6.45) is 5.47. The van der Waals surface area contributed by atoms with Crippen LogP contribution in [0.15, 0.2) is 72.8 Å². The van der Waals surface area contributed by atoms with Gasteiger partial charge in [-0.25, -0.2) is 4.79 Å². The number of nitrogens with one attached hydrogen (secondary N) is 1. The van der Waals surface area contributed by atoms with Crippen molar-refractivity contribution in [3.8, 4) is 11.5 Å². The van der Waals surface area contributed by atoms with Crippen LogP contribution in [0.3, 0.4) is 0 Å². The van der Waals surface area contributed by atoms with Crippen molar-refractivity contribution in [2.24, 2.45) is 5.92 Å². The first-order chi connectivity index (χ1) is 17.6. The molecule has 0 saturated carbocycles. The molecule has 2 aliphatic rings. The van der Waals surface area contributed by atoms with Crippen molar-refractivity contribution in [3.63, 3.8) is 0 Å². The number of carbonyl (C=O) groups is 1. The summed E-state index contributed by atoms with van der Waals surface area (Å²) in [5, 5.41) is 4.39. The predicted molar refractivity (Wildman–Crippen MR) is 142 cm³/mol. The lowest BCUT2D eigenvalue weighted by molar-refractivity contribution is 0.0527. The second-order valence-electron chi connectivity index (χ2n) is 9.02. The highest BCUT2D eigenvalue weighted by Gasteiger charge is 2.39. The van der Waals surface area contributed by atoms with Crippen LogP contribution in [0.1, 0.15) is 59.3 Å². The molecule has 1 N–H and O–H groups in total. The molecule has 0 radical (unpaired) electrons. The number of anilines is 1. The molecule has 36 heavy (non-hydrogen) atoms. The second-order valence-corrected chi connectivity index (χ2v) is 9.46. The van der Waals surface area contributed by atoms with Gasteiger partial charge in [0.15, 0.2) is 11.5 Å². The van der Waals surface area contributed by atoms with E-state index in [1.54, 1.807) is 0 Å². The fourth-order valence-electron chi connectivity index (χ4n) is 5.18. The Morgan fingerprint density at radius 2 is 1.83 bits per heavy atom. The molecule has 0 amide bonds. The third kappa shape index (κ3) is 4.80. The maximum Gasteiger partial charge on any atom is 0.340 e. The topological polar surface area (TPSA) is 56.8 Å². The highest BCUT2D eigenvalue weighted by Crippen LogP contribution is 2.51. The van der Waals surface area contributed by atoms with Gasteiger partial charge in [-0.2, -0.15) is 0 Å². The van der Waals surface area contributed by atoms with Crippen LogP contribution >= 0.6 is 11.6 Å². The zero-order chi connectivity index (χ0) is 25.1. The minimum absolute atomic E-state index is 0.0117. The van der Waals surface area contributed by atoms with E-state index < -0.39 is 0 Å². The zero-order valence-electron chi connectivity index (χ0n) is 20.5. The summed E-state index contributed by atoms with van der Waals surface area (Å²) >= 11 is 6.00. The van der Waals surface area contributed by atoms with Gasteiger partial charge in [-0.15, -0.1) is 0 Å². The van der Waals surface area contributed by atoms with Gasteiger partial charge in [0.05, 0.1) is 30.5 Å². The van der Waals surface area contributed by atoms with Crippen molar-refractivity contribution in [2.75, 3.05) is 18.5 Å². The standard InChI is InChI=1S/C30H30ClNO4/c1-3-34-27-17-20(13-16-26(27)36-18-19-11-14-21(31)15-12-19)28-23-8-5-7-22(23)24-9-6-10-25(29(24)32-28)30(33)35-4-2/h5-7,9-17,22-23,28,32H,3-4,8,18H2,1-2H3/t22-,23+,28+/m1/s1. The Hall–Kier alpha value is -3.44. The number of para-hydroxylation sites is 1. The Morgan fingerprint density at radius 3 is 2.61 bits per heavy atom. The number of hydrogen-bond donors (Lipinski definition) is 1. The van der Waals surface area contributed by atoms with Crippen molar-refractivity contribution < 1.29 is 19.0 Å². The number of rotatable bonds is 8. The van der Waals surface area contributed by atoms with Gasteiger partial charge >= 0.3 is 5.97 Å². The summed E-state index contributed by atoms with van der Waals surface area (Å²) in [5.74, 6) is 1.67. The van der Waals surface area contributed by atoms with Crippen molar-refractivity contribution in [1.82, 2.24) is 0 Å². The van der Waals surface area contributed by atoms with E-state index in [4.69, 9.17) is 25.8 Å². The van der Waals surface area contributed by atoms with Gasteiger partial charge in [0.1, 0.15) is 6.61 Å². The highest BCUT2D eigenvalue weighted by molar-refractivity contribution is 6.30. The van der Waals surface area contributed by atoms with Crippen LogP contribution in [0.5, 0.6) is 11.5 Å². The maximum atomic E-state index is 12.7. The molecule has 5 rings (SSSR count). The maximum absolute atomic E-state index is 12.7. The minimum atomic E-state index is -0.304. The molecule has 3 aromatic rings. The molecule has 1 heterocycles. The third-order valence-corrected chi connectivity index (χ3v) is 7.08. The number of esters is 1. The molecule has 5 nitrogen and oxygen atoms in total. The van der Waals surface area contributed by atoms with E-state index in [2.05, 4.69) is 35.7 Å². The number of hydrogen-bond acceptors (Lipinski definition) is 5. The fourth-order valence-corrected chi connectivity index (χ4v) is 5.30. The molecule has 0 aromatic heterocycles. The lowest BCUT2D eigenvalue weighted by Gasteiger charge is -2.38. The van der Waals surface area contributed by atoms with E-state index in [1.165, 1.54) is 0 Å². The molecule has 1 aliphatic heterocycles. The molecule has 186 valence electrons. The number of halogens is 1. The van der Waals surface area contributed by atoms with Gasteiger partial charge in [-0.05, 0) is 73.2 Å². The van der Waals surface area contributed by atoms with E-state index >= 15 is 0 Å². The predicted octanol–water partition coefficient (Wildman–Crippen LogP) is 7.32. The number of benzene rings is 3. The van der Waals surface area contributed by atoms with E-state index in [0.717, 1.165) is 28.8 Å². The minimum Gasteiger partial charge on any atom is -0.490 e. The Bertz CT molecular complexity index is 1270. The van der Waals surface area contributed by atoms with Crippen molar-refractivity contribution >= 4 is 23.3 Å². The number of carbonyl (C=O) groups excluding carboxylic acids is 1. The lowest BCUT2D eigenvalue weighted by Crippen LogP contribution is -2.30. The summed E-state index contributed by atoms with van der Waals surface area (Å²) in [6.45, 7) is 5.08. The smallest absolute Gasteiger partial charge is 0.340 e. The first kappa shape index (κ1) is 24.3. The van der Waals surface area contributed by atoms with Crippen LogP contribution in [-0.4, -0.2) is 19.2 Å². The van der Waals surface area contributed by atoms with Crippen LogP contribution in [0.25, 0.3) is 0 Å². The van der Waals surface area contributed by atoms with Crippen LogP contribution in [0.2, 0.25) is 5.02 Å². The fraction of sp³-hybridized carbons (Fsp3) is 0.300. The molecular weight excluding hydrogens is 474 g/mol. The normalized spacial score (nSPS) is 19.7. The summed E-state index contributed by atoms with van der Waals surface area (Å²) in [4.78, 5) is 12.7. The van der Waals surface area contributed by atoms with Crippen molar-refractivity contribution in [1.29, 1.82) is 0 Å². The molecule has 1 aliphatic carbocycles. The number of allylic oxidation sites excluding steroid dienone is 2. The molecule has 3 atom stereocenters. The first-order valence-corrected chi connectivity index (χ1v) is 12.8. The monoisotopic (exact) mass is 503 g/mol. The Balaban J connectivity index is 1.45. The van der Waals surface area contributed by atoms with Gasteiger partial charge in [0.25, 0.3) is 0 Å². The number of ether oxygens (including phenoxy) is 3. The van der Waals surface area contributed by atoms with Crippen LogP contribution in [-0.2, 0) is 11.3 Å². The summed E-state index contributed by atoms with van der Waals surface area (Å²) in [5.41, 5.74) is 4.70. The van der Waals surface area contributed by atoms with Crippen LogP contribution < -0.4 is 14.8 Å². The molecule has 0 unspecified atom stereocenters. The average Bonchev–Trinajstić information content (AvgIpc) is 3.39. The van der Waals surface area contributed by atoms with E-state index in [-0.39, 0.29) is 17.9 Å². The van der Waals surface area contributed by atoms with Gasteiger partial charge in [-0.1, -0.05) is 54.1 Å². The van der Waals surface area contributed by atoms with Gasteiger partial charge in [-0.3, -0.25) is 0 Å². The van der Waals surface area contributed by atoms with Gasteiger partial charge in [0, 0.05) is 10.9 Å². The summed E-state index contributed by atoms with van der Waals surface area (Å²) in [7, 11) is 0.